The summed E-state index contributed by atoms with van der Waals surface area (Å²) >= 11 is 0. The Kier molecular flexibility index (Phi) is 3.25. The fraction of sp³-hybridized carbons (Fsp3) is 0.538. The molecule has 1 atom stereocenters. The zero-order valence-corrected chi connectivity index (χ0v) is 10.6. The minimum Gasteiger partial charge on any atom is -0.383 e. The maximum atomic E-state index is 5.19. The quantitative estimate of drug-likeness (QED) is 0.888. The van der Waals surface area contributed by atoms with Gasteiger partial charge in [0.05, 0.1) is 29.9 Å². The lowest BCUT2D eigenvalue weighted by atomic mass is 10.2. The van der Waals surface area contributed by atoms with Crippen molar-refractivity contribution in [2.75, 3.05) is 20.3 Å². The molecule has 1 saturated heterocycles. The lowest BCUT2D eigenvalue weighted by molar-refractivity contribution is 0.187. The maximum Gasteiger partial charge on any atom is 0.127 e. The van der Waals surface area contributed by atoms with Crippen molar-refractivity contribution in [1.82, 2.24) is 19.9 Å². The number of nitrogens with one attached hydrogen (secondary N) is 1. The van der Waals surface area contributed by atoms with Crippen molar-refractivity contribution in [2.45, 2.75) is 25.4 Å². The van der Waals surface area contributed by atoms with Crippen molar-refractivity contribution in [3.05, 3.63) is 24.3 Å². The van der Waals surface area contributed by atoms with Crippen molar-refractivity contribution < 1.29 is 4.74 Å². The zero-order chi connectivity index (χ0) is 12.4. The number of ether oxygens (including phenoxy) is 1. The van der Waals surface area contributed by atoms with Crippen molar-refractivity contribution >= 4 is 11.0 Å². The van der Waals surface area contributed by atoms with Gasteiger partial charge in [0.15, 0.2) is 0 Å². The van der Waals surface area contributed by atoms with E-state index in [1.165, 1.54) is 6.42 Å². The van der Waals surface area contributed by atoms with Gasteiger partial charge >= 0.3 is 0 Å². The summed E-state index contributed by atoms with van der Waals surface area (Å²) < 4.78 is 7.42. The molecule has 1 aliphatic heterocycles. The van der Waals surface area contributed by atoms with E-state index >= 15 is 0 Å². The molecule has 0 amide bonds. The standard InChI is InChI=1S/C13H18N4O/c1-18-8-7-17-12-9-14-6-4-10(12)16-13(17)11-3-2-5-15-11/h4,6,9,11,15H,2-3,5,7-8H2,1H3. The zero-order valence-electron chi connectivity index (χ0n) is 10.6. The molecule has 0 spiro atoms. The topological polar surface area (TPSA) is 52.0 Å². The number of hydrogen-bond acceptors (Lipinski definition) is 4. The molecule has 0 aliphatic carbocycles. The van der Waals surface area contributed by atoms with Crippen molar-refractivity contribution in [2.24, 2.45) is 0 Å². The van der Waals surface area contributed by atoms with E-state index < -0.39 is 0 Å². The van der Waals surface area contributed by atoms with E-state index in [-0.39, 0.29) is 0 Å². The molecule has 1 aliphatic rings. The summed E-state index contributed by atoms with van der Waals surface area (Å²) in [5.41, 5.74) is 2.11. The highest BCUT2D eigenvalue weighted by Crippen LogP contribution is 2.25. The minimum absolute atomic E-state index is 0.370. The third-order valence-electron chi connectivity index (χ3n) is 3.47. The van der Waals surface area contributed by atoms with Gasteiger partial charge < -0.3 is 14.6 Å². The molecule has 96 valence electrons. The molecule has 5 nitrogen and oxygen atoms in total. The van der Waals surface area contributed by atoms with Gasteiger partial charge in [-0.15, -0.1) is 0 Å². The Morgan fingerprint density at radius 1 is 1.56 bits per heavy atom. The van der Waals surface area contributed by atoms with E-state index in [1.54, 1.807) is 13.3 Å². The van der Waals surface area contributed by atoms with Crippen LogP contribution in [0.25, 0.3) is 11.0 Å². The lowest BCUT2D eigenvalue weighted by Crippen LogP contribution is -2.19. The van der Waals surface area contributed by atoms with Crippen LogP contribution in [-0.2, 0) is 11.3 Å². The van der Waals surface area contributed by atoms with Crippen LogP contribution in [0.4, 0.5) is 0 Å². The van der Waals surface area contributed by atoms with Gasteiger partial charge in [0.25, 0.3) is 0 Å². The third-order valence-corrected chi connectivity index (χ3v) is 3.47. The van der Waals surface area contributed by atoms with Gasteiger partial charge in [-0.25, -0.2) is 4.98 Å². The summed E-state index contributed by atoms with van der Waals surface area (Å²) in [4.78, 5) is 8.95. The predicted molar refractivity (Wildman–Crippen MR) is 69.4 cm³/mol. The first kappa shape index (κ1) is 11.6. The highest BCUT2D eigenvalue weighted by molar-refractivity contribution is 5.74. The van der Waals surface area contributed by atoms with Gasteiger partial charge in [0.1, 0.15) is 5.82 Å². The van der Waals surface area contributed by atoms with Crippen LogP contribution in [0.2, 0.25) is 0 Å². The van der Waals surface area contributed by atoms with Gasteiger partial charge in [-0.1, -0.05) is 0 Å². The highest BCUT2D eigenvalue weighted by Gasteiger charge is 2.22. The van der Waals surface area contributed by atoms with Crippen molar-refractivity contribution in [3.8, 4) is 0 Å². The number of hydrogen-bond donors (Lipinski definition) is 1. The SMILES string of the molecule is COCCn1c(C2CCCN2)nc2ccncc21. The summed E-state index contributed by atoms with van der Waals surface area (Å²) in [6, 6.07) is 2.34. The Labute approximate surface area is 106 Å². The van der Waals surface area contributed by atoms with Gasteiger partial charge in [-0.2, -0.15) is 0 Å². The number of nitrogens with zero attached hydrogens (tertiary/aromatic N) is 3. The molecule has 2 aromatic heterocycles. The summed E-state index contributed by atoms with van der Waals surface area (Å²) in [5.74, 6) is 1.12. The maximum absolute atomic E-state index is 5.19. The molecule has 0 radical (unpaired) electrons. The van der Waals surface area contributed by atoms with E-state index in [9.17, 15) is 0 Å². The average molecular weight is 246 g/mol. The summed E-state index contributed by atoms with van der Waals surface area (Å²) in [6.07, 6.45) is 6.05. The highest BCUT2D eigenvalue weighted by atomic mass is 16.5. The number of methoxy groups -OCH3 is 1. The summed E-state index contributed by atoms with van der Waals surface area (Å²) in [7, 11) is 1.73. The second-order valence-corrected chi connectivity index (χ2v) is 4.63. The second kappa shape index (κ2) is 5.04. The van der Waals surface area contributed by atoms with Gasteiger partial charge in [-0.3, -0.25) is 4.98 Å². The summed E-state index contributed by atoms with van der Waals surface area (Å²) in [6.45, 7) is 2.60. The van der Waals surface area contributed by atoms with Crippen LogP contribution in [0, 0.1) is 0 Å². The molecule has 1 fully saturated rings. The molecule has 5 heteroatoms. The average Bonchev–Trinajstić information content (AvgIpc) is 3.03. The van der Waals surface area contributed by atoms with Crippen LogP contribution in [0.1, 0.15) is 24.7 Å². The van der Waals surface area contributed by atoms with Gasteiger partial charge in [-0.05, 0) is 25.5 Å². The normalized spacial score (nSPS) is 19.7. The van der Waals surface area contributed by atoms with Crippen LogP contribution in [0.15, 0.2) is 18.5 Å². The molecule has 18 heavy (non-hydrogen) atoms. The first-order valence-electron chi connectivity index (χ1n) is 6.42. The molecule has 3 rings (SSSR count). The number of aromatic nitrogens is 3. The number of fused-ring (bicyclic) bond motifs is 1. The summed E-state index contributed by atoms with van der Waals surface area (Å²) in [5, 5.41) is 3.51. The van der Waals surface area contributed by atoms with Crippen molar-refractivity contribution in [3.63, 3.8) is 0 Å². The lowest BCUT2D eigenvalue weighted by Gasteiger charge is -2.13. The molecule has 0 bridgehead atoms. The van der Waals surface area contributed by atoms with Gasteiger partial charge in [0, 0.05) is 19.9 Å². The first-order chi connectivity index (χ1) is 8.90. The van der Waals surface area contributed by atoms with E-state index in [0.29, 0.717) is 12.6 Å². The van der Waals surface area contributed by atoms with Crippen LogP contribution >= 0.6 is 0 Å². The second-order valence-electron chi connectivity index (χ2n) is 4.63. The molecule has 2 aromatic rings. The van der Waals surface area contributed by atoms with Gasteiger partial charge in [0.2, 0.25) is 0 Å². The van der Waals surface area contributed by atoms with E-state index in [0.717, 1.165) is 36.4 Å². The molecule has 0 aromatic carbocycles. The number of rotatable bonds is 4. The molecular formula is C13H18N4O. The molecular weight excluding hydrogens is 228 g/mol. The predicted octanol–water partition coefficient (Wildman–Crippen LogP) is 1.50. The first-order valence-corrected chi connectivity index (χ1v) is 6.42. The molecule has 0 saturated carbocycles. The number of pyridine rings is 1. The Morgan fingerprint density at radius 2 is 2.50 bits per heavy atom. The van der Waals surface area contributed by atoms with Crippen molar-refractivity contribution in [1.29, 1.82) is 0 Å². The molecule has 3 heterocycles. The minimum atomic E-state index is 0.370. The largest absolute Gasteiger partial charge is 0.383 e. The van der Waals surface area contributed by atoms with Crippen LogP contribution in [0.5, 0.6) is 0 Å². The third kappa shape index (κ3) is 2.00. The Hall–Kier alpha value is -1.46. The monoisotopic (exact) mass is 246 g/mol. The smallest absolute Gasteiger partial charge is 0.127 e. The van der Waals surface area contributed by atoms with E-state index in [1.807, 2.05) is 12.3 Å². The molecule has 1 N–H and O–H groups in total. The Bertz CT molecular complexity index is 531. The number of imidazole rings is 1. The fourth-order valence-electron chi connectivity index (χ4n) is 2.58. The van der Waals surface area contributed by atoms with Crippen LogP contribution < -0.4 is 5.32 Å². The van der Waals surface area contributed by atoms with Crippen LogP contribution in [0.3, 0.4) is 0 Å². The Morgan fingerprint density at radius 3 is 3.28 bits per heavy atom. The Balaban J connectivity index is 2.04. The molecule has 1 unspecified atom stereocenters. The van der Waals surface area contributed by atoms with E-state index in [4.69, 9.17) is 9.72 Å². The van der Waals surface area contributed by atoms with Crippen LogP contribution in [-0.4, -0.2) is 34.8 Å². The van der Waals surface area contributed by atoms with E-state index in [2.05, 4.69) is 14.9 Å². The fourth-order valence-corrected chi connectivity index (χ4v) is 2.58.